The van der Waals surface area contributed by atoms with E-state index < -0.39 is 11.9 Å². The van der Waals surface area contributed by atoms with Crippen molar-refractivity contribution in [3.05, 3.63) is 104 Å². The Labute approximate surface area is 198 Å². The highest BCUT2D eigenvalue weighted by molar-refractivity contribution is 8.18. The number of hydrogen-bond acceptors (Lipinski definition) is 5. The Hall–Kier alpha value is -3.06. The van der Waals surface area contributed by atoms with Gasteiger partial charge >= 0.3 is 5.97 Å². The van der Waals surface area contributed by atoms with Crippen LogP contribution >= 0.6 is 35.0 Å². The number of thioether (sulfide) groups is 1. The van der Waals surface area contributed by atoms with Gasteiger partial charge in [-0.05, 0) is 71.4 Å². The molecule has 0 saturated carbocycles. The molecule has 1 saturated heterocycles. The SMILES string of the molecule is O=C(Oc1cccc(/C=C2\SC(=O)N(Cc3ccccc3Cl)C2=O)c1)c1ccc(Cl)cc1. The quantitative estimate of drug-likeness (QED) is 0.237. The zero-order chi connectivity index (χ0) is 22.7. The minimum Gasteiger partial charge on any atom is -0.423 e. The fourth-order valence-corrected chi connectivity index (χ4v) is 4.16. The van der Waals surface area contributed by atoms with Gasteiger partial charge in [-0.3, -0.25) is 14.5 Å². The van der Waals surface area contributed by atoms with E-state index in [-0.39, 0.29) is 16.7 Å². The summed E-state index contributed by atoms with van der Waals surface area (Å²) < 4.78 is 5.41. The molecule has 2 amide bonds. The molecule has 8 heteroatoms. The van der Waals surface area contributed by atoms with Crippen LogP contribution in [0.2, 0.25) is 10.0 Å². The van der Waals surface area contributed by atoms with Gasteiger partial charge < -0.3 is 4.74 Å². The number of carbonyl (C=O) groups excluding carboxylic acids is 3. The van der Waals surface area contributed by atoms with Crippen LogP contribution in [-0.4, -0.2) is 22.0 Å². The molecule has 0 unspecified atom stereocenters. The van der Waals surface area contributed by atoms with E-state index in [4.69, 9.17) is 27.9 Å². The fourth-order valence-electron chi connectivity index (χ4n) is 3.00. The average molecular weight is 484 g/mol. The van der Waals surface area contributed by atoms with E-state index in [2.05, 4.69) is 0 Å². The maximum absolute atomic E-state index is 12.8. The lowest BCUT2D eigenvalue weighted by Crippen LogP contribution is -2.27. The molecule has 0 radical (unpaired) electrons. The number of rotatable bonds is 5. The Morgan fingerprint density at radius 3 is 2.47 bits per heavy atom. The molecule has 3 aromatic rings. The van der Waals surface area contributed by atoms with Crippen molar-refractivity contribution in [3.8, 4) is 5.75 Å². The second-order valence-corrected chi connectivity index (χ2v) is 8.66. The Kier molecular flexibility index (Phi) is 6.65. The van der Waals surface area contributed by atoms with Crippen LogP contribution in [0.3, 0.4) is 0 Å². The average Bonchev–Trinajstić information content (AvgIpc) is 3.03. The highest BCUT2D eigenvalue weighted by Gasteiger charge is 2.35. The molecule has 0 aromatic heterocycles. The van der Waals surface area contributed by atoms with Crippen molar-refractivity contribution < 1.29 is 19.1 Å². The molecular weight excluding hydrogens is 469 g/mol. The van der Waals surface area contributed by atoms with Crippen LogP contribution in [0.1, 0.15) is 21.5 Å². The van der Waals surface area contributed by atoms with Crippen molar-refractivity contribution in [2.45, 2.75) is 6.54 Å². The van der Waals surface area contributed by atoms with Crippen LogP contribution in [0.25, 0.3) is 6.08 Å². The van der Waals surface area contributed by atoms with Crippen LogP contribution in [0.15, 0.2) is 77.7 Å². The third-order valence-electron chi connectivity index (χ3n) is 4.61. The van der Waals surface area contributed by atoms with E-state index in [0.717, 1.165) is 16.7 Å². The Balaban J connectivity index is 1.49. The highest BCUT2D eigenvalue weighted by Crippen LogP contribution is 2.34. The minimum atomic E-state index is -0.529. The molecule has 0 bridgehead atoms. The van der Waals surface area contributed by atoms with Gasteiger partial charge in [0.2, 0.25) is 0 Å². The summed E-state index contributed by atoms with van der Waals surface area (Å²) >= 11 is 12.9. The summed E-state index contributed by atoms with van der Waals surface area (Å²) in [6, 6.07) is 20.1. The fraction of sp³-hybridized carbons (Fsp3) is 0.0417. The molecule has 1 fully saturated rings. The minimum absolute atomic E-state index is 0.0976. The normalized spacial score (nSPS) is 14.8. The first-order valence-corrected chi connectivity index (χ1v) is 11.0. The smallest absolute Gasteiger partial charge is 0.343 e. The Bertz CT molecular complexity index is 1240. The number of halogens is 2. The molecule has 0 atom stereocenters. The molecule has 160 valence electrons. The number of nitrogens with zero attached hydrogens (tertiary/aromatic N) is 1. The number of hydrogen-bond donors (Lipinski definition) is 0. The van der Waals surface area contributed by atoms with Gasteiger partial charge in [0.15, 0.2) is 0 Å². The summed E-state index contributed by atoms with van der Waals surface area (Å²) in [5.74, 6) is -0.614. The summed E-state index contributed by atoms with van der Waals surface area (Å²) in [5.41, 5.74) is 1.67. The summed E-state index contributed by atoms with van der Waals surface area (Å²) in [6.45, 7) is 0.0976. The van der Waals surface area contributed by atoms with Crippen molar-refractivity contribution in [1.82, 2.24) is 4.90 Å². The predicted molar refractivity (Wildman–Crippen MR) is 126 cm³/mol. The lowest BCUT2D eigenvalue weighted by molar-refractivity contribution is -0.123. The lowest BCUT2D eigenvalue weighted by atomic mass is 10.2. The second kappa shape index (κ2) is 9.61. The number of imide groups is 1. The van der Waals surface area contributed by atoms with Crippen molar-refractivity contribution in [2.75, 3.05) is 0 Å². The first kappa shape index (κ1) is 22.1. The molecule has 1 heterocycles. The maximum atomic E-state index is 12.8. The molecule has 5 nitrogen and oxygen atoms in total. The molecular formula is C24H15Cl2NO4S. The molecule has 1 aliphatic rings. The standard InChI is InChI=1S/C24H15Cl2NO4S/c25-18-10-8-16(9-11-18)23(29)31-19-6-3-4-15(12-19)13-21-22(28)27(24(30)32-21)14-17-5-1-2-7-20(17)26/h1-13H,14H2/b21-13-. The van der Waals surface area contributed by atoms with Gasteiger partial charge in [0.05, 0.1) is 17.0 Å². The van der Waals surface area contributed by atoms with Crippen LogP contribution in [0.4, 0.5) is 4.79 Å². The molecule has 32 heavy (non-hydrogen) atoms. The van der Waals surface area contributed by atoms with Crippen molar-refractivity contribution >= 4 is 58.2 Å². The van der Waals surface area contributed by atoms with Crippen LogP contribution in [-0.2, 0) is 11.3 Å². The Morgan fingerprint density at radius 1 is 0.969 bits per heavy atom. The molecule has 0 spiro atoms. The number of benzene rings is 3. The number of ether oxygens (including phenoxy) is 1. The third-order valence-corrected chi connectivity index (χ3v) is 6.13. The Morgan fingerprint density at radius 2 is 1.72 bits per heavy atom. The molecule has 0 aliphatic carbocycles. The van der Waals surface area contributed by atoms with Gasteiger partial charge in [0, 0.05) is 10.0 Å². The summed E-state index contributed by atoms with van der Waals surface area (Å²) in [4.78, 5) is 38.9. The van der Waals surface area contributed by atoms with E-state index in [1.165, 1.54) is 0 Å². The van der Waals surface area contributed by atoms with Crippen LogP contribution < -0.4 is 4.74 Å². The van der Waals surface area contributed by atoms with E-state index in [9.17, 15) is 14.4 Å². The zero-order valence-corrected chi connectivity index (χ0v) is 18.8. The molecule has 1 aliphatic heterocycles. The zero-order valence-electron chi connectivity index (χ0n) is 16.5. The first-order valence-electron chi connectivity index (χ1n) is 9.47. The number of esters is 1. The van der Waals surface area contributed by atoms with Gasteiger partial charge in [-0.15, -0.1) is 0 Å². The summed E-state index contributed by atoms with van der Waals surface area (Å²) in [7, 11) is 0. The van der Waals surface area contributed by atoms with E-state index >= 15 is 0 Å². The van der Waals surface area contributed by atoms with Gasteiger partial charge in [0.1, 0.15) is 5.75 Å². The molecule has 3 aromatic carbocycles. The number of amides is 2. The summed E-state index contributed by atoms with van der Waals surface area (Å²) in [5, 5.41) is 0.643. The topological polar surface area (TPSA) is 63.7 Å². The van der Waals surface area contributed by atoms with Gasteiger partial charge in [-0.1, -0.05) is 53.5 Å². The van der Waals surface area contributed by atoms with E-state index in [0.29, 0.717) is 32.5 Å². The van der Waals surface area contributed by atoms with Gasteiger partial charge in [-0.25, -0.2) is 4.79 Å². The highest BCUT2D eigenvalue weighted by atomic mass is 35.5. The van der Waals surface area contributed by atoms with Gasteiger partial charge in [-0.2, -0.15) is 0 Å². The lowest BCUT2D eigenvalue weighted by Gasteiger charge is -2.13. The molecule has 4 rings (SSSR count). The summed E-state index contributed by atoms with van der Waals surface area (Å²) in [6.07, 6.45) is 1.59. The maximum Gasteiger partial charge on any atom is 0.343 e. The van der Waals surface area contributed by atoms with Crippen molar-refractivity contribution in [3.63, 3.8) is 0 Å². The third kappa shape index (κ3) is 5.05. The van der Waals surface area contributed by atoms with Crippen LogP contribution in [0, 0.1) is 0 Å². The second-order valence-electron chi connectivity index (χ2n) is 6.83. The van der Waals surface area contributed by atoms with Gasteiger partial charge in [0.25, 0.3) is 11.1 Å². The predicted octanol–water partition coefficient (Wildman–Crippen LogP) is 6.45. The van der Waals surface area contributed by atoms with Crippen LogP contribution in [0.5, 0.6) is 5.75 Å². The monoisotopic (exact) mass is 483 g/mol. The first-order chi connectivity index (χ1) is 15.4. The van der Waals surface area contributed by atoms with E-state index in [1.807, 2.05) is 0 Å². The largest absolute Gasteiger partial charge is 0.423 e. The van der Waals surface area contributed by atoms with E-state index in [1.54, 1.807) is 78.9 Å². The number of carbonyl (C=O) groups is 3. The van der Waals surface area contributed by atoms with Crippen molar-refractivity contribution in [2.24, 2.45) is 0 Å². The molecule has 0 N–H and O–H groups in total. The van der Waals surface area contributed by atoms with Crippen molar-refractivity contribution in [1.29, 1.82) is 0 Å².